The normalized spacial score (nSPS) is 12.6. The van der Waals surface area contributed by atoms with Crippen LogP contribution in [-0.4, -0.2) is 16.0 Å². The Morgan fingerprint density at radius 1 is 1.33 bits per heavy atom. The van der Waals surface area contributed by atoms with Crippen molar-refractivity contribution in [2.75, 3.05) is 0 Å². The van der Waals surface area contributed by atoms with Crippen LogP contribution in [0.2, 0.25) is 5.02 Å². The summed E-state index contributed by atoms with van der Waals surface area (Å²) in [6.45, 7) is 10.6. The van der Waals surface area contributed by atoms with Crippen LogP contribution in [0.15, 0.2) is 12.3 Å². The summed E-state index contributed by atoms with van der Waals surface area (Å²) in [6, 6.07) is 1.68. The second-order valence-corrected chi connectivity index (χ2v) is 7.17. The molecular formula is C14H23ClN2O. The van der Waals surface area contributed by atoms with Gasteiger partial charge in [-0.15, -0.1) is 0 Å². The van der Waals surface area contributed by atoms with E-state index in [2.05, 4.69) is 26.1 Å². The second kappa shape index (κ2) is 4.96. The highest BCUT2D eigenvalue weighted by Crippen LogP contribution is 2.27. The third kappa shape index (κ3) is 4.37. The zero-order valence-corrected chi connectivity index (χ0v) is 12.9. The van der Waals surface area contributed by atoms with E-state index >= 15 is 0 Å². The predicted molar refractivity (Wildman–Crippen MR) is 76.0 cm³/mol. The van der Waals surface area contributed by atoms with E-state index in [1.165, 1.54) is 0 Å². The lowest BCUT2D eigenvalue weighted by atomic mass is 9.82. The molecule has 0 spiro atoms. The van der Waals surface area contributed by atoms with Crippen molar-refractivity contribution < 1.29 is 4.79 Å². The van der Waals surface area contributed by atoms with Crippen LogP contribution in [0, 0.1) is 5.41 Å². The molecule has 1 aromatic heterocycles. The first kappa shape index (κ1) is 15.1. The van der Waals surface area contributed by atoms with E-state index in [1.54, 1.807) is 16.8 Å². The molecule has 1 heterocycles. The van der Waals surface area contributed by atoms with Crippen LogP contribution in [-0.2, 0) is 7.05 Å². The number of amides is 1. The zero-order chi connectivity index (χ0) is 14.1. The van der Waals surface area contributed by atoms with Crippen molar-refractivity contribution in [3.05, 3.63) is 23.0 Å². The lowest BCUT2D eigenvalue weighted by Gasteiger charge is -2.33. The van der Waals surface area contributed by atoms with E-state index in [0.717, 1.165) is 6.42 Å². The van der Waals surface area contributed by atoms with Crippen molar-refractivity contribution in [2.45, 2.75) is 46.6 Å². The molecule has 0 saturated heterocycles. The Bertz CT molecular complexity index is 441. The largest absolute Gasteiger partial charge is 0.346 e. The molecule has 0 aliphatic heterocycles. The summed E-state index contributed by atoms with van der Waals surface area (Å²) in [5.74, 6) is -0.0846. The molecule has 18 heavy (non-hydrogen) atoms. The first-order chi connectivity index (χ1) is 8.00. The van der Waals surface area contributed by atoms with Gasteiger partial charge in [-0.25, -0.2) is 0 Å². The van der Waals surface area contributed by atoms with Gasteiger partial charge in [-0.3, -0.25) is 4.79 Å². The molecule has 0 bridgehead atoms. The maximum absolute atomic E-state index is 12.2. The highest BCUT2D eigenvalue weighted by Gasteiger charge is 2.28. The van der Waals surface area contributed by atoms with Crippen LogP contribution in [0.5, 0.6) is 0 Å². The molecule has 0 aromatic carbocycles. The fourth-order valence-electron chi connectivity index (χ4n) is 2.49. The van der Waals surface area contributed by atoms with E-state index < -0.39 is 0 Å². The molecule has 1 amide bonds. The number of nitrogens with zero attached hydrogens (tertiary/aromatic N) is 1. The van der Waals surface area contributed by atoms with Gasteiger partial charge >= 0.3 is 0 Å². The highest BCUT2D eigenvalue weighted by molar-refractivity contribution is 6.31. The Morgan fingerprint density at radius 2 is 1.89 bits per heavy atom. The first-order valence-electron chi connectivity index (χ1n) is 6.15. The lowest BCUT2D eigenvalue weighted by molar-refractivity contribution is 0.0883. The number of carbonyl (C=O) groups excluding carboxylic acids is 1. The molecule has 0 atom stereocenters. The van der Waals surface area contributed by atoms with Crippen LogP contribution in [0.1, 0.15) is 51.5 Å². The molecule has 4 heteroatoms. The monoisotopic (exact) mass is 270 g/mol. The summed E-state index contributed by atoms with van der Waals surface area (Å²) in [4.78, 5) is 12.2. The van der Waals surface area contributed by atoms with E-state index in [0.29, 0.717) is 10.7 Å². The van der Waals surface area contributed by atoms with Crippen molar-refractivity contribution in [3.63, 3.8) is 0 Å². The fraction of sp³-hybridized carbons (Fsp3) is 0.643. The Kier molecular flexibility index (Phi) is 4.16. The van der Waals surface area contributed by atoms with Crippen LogP contribution in [0.4, 0.5) is 0 Å². The summed E-state index contributed by atoms with van der Waals surface area (Å²) in [7, 11) is 1.82. The van der Waals surface area contributed by atoms with Gasteiger partial charge in [0, 0.05) is 18.8 Å². The molecule has 0 saturated carbocycles. The Hall–Kier alpha value is -0.960. The minimum atomic E-state index is -0.244. The van der Waals surface area contributed by atoms with Gasteiger partial charge < -0.3 is 9.88 Å². The number of hydrogen-bond donors (Lipinski definition) is 1. The maximum atomic E-state index is 12.2. The van der Waals surface area contributed by atoms with Gasteiger partial charge in [-0.1, -0.05) is 32.4 Å². The van der Waals surface area contributed by atoms with E-state index in [9.17, 15) is 4.79 Å². The maximum Gasteiger partial charge on any atom is 0.268 e. The van der Waals surface area contributed by atoms with Gasteiger partial charge in [0.1, 0.15) is 5.69 Å². The third-order valence-corrected chi connectivity index (χ3v) is 2.84. The summed E-state index contributed by atoms with van der Waals surface area (Å²) in [6.07, 6.45) is 2.64. The Labute approximate surface area is 115 Å². The third-order valence-electron chi connectivity index (χ3n) is 2.63. The summed E-state index contributed by atoms with van der Waals surface area (Å²) in [5.41, 5.74) is 0.510. The SMILES string of the molecule is Cn1cc(Cl)cc1C(=O)NC(C)(C)CC(C)(C)C. The zero-order valence-electron chi connectivity index (χ0n) is 12.1. The van der Waals surface area contributed by atoms with E-state index in [1.807, 2.05) is 20.9 Å². The number of aryl methyl sites for hydroxylation is 1. The molecule has 102 valence electrons. The van der Waals surface area contributed by atoms with Gasteiger partial charge in [0.05, 0.1) is 5.02 Å². The van der Waals surface area contributed by atoms with Crippen LogP contribution in [0.25, 0.3) is 0 Å². The number of rotatable bonds is 3. The van der Waals surface area contributed by atoms with Crippen molar-refractivity contribution >= 4 is 17.5 Å². The molecule has 1 aromatic rings. The highest BCUT2D eigenvalue weighted by atomic mass is 35.5. The summed E-state index contributed by atoms with van der Waals surface area (Å²) < 4.78 is 1.74. The van der Waals surface area contributed by atoms with E-state index in [4.69, 9.17) is 11.6 Å². The van der Waals surface area contributed by atoms with Gasteiger partial charge in [0.25, 0.3) is 5.91 Å². The molecule has 0 fully saturated rings. The van der Waals surface area contributed by atoms with Crippen molar-refractivity contribution in [3.8, 4) is 0 Å². The van der Waals surface area contributed by atoms with Gasteiger partial charge in [0.15, 0.2) is 0 Å². The minimum Gasteiger partial charge on any atom is -0.346 e. The quantitative estimate of drug-likeness (QED) is 0.894. The Balaban J connectivity index is 2.79. The minimum absolute atomic E-state index is 0.0846. The molecule has 0 aliphatic rings. The van der Waals surface area contributed by atoms with Crippen molar-refractivity contribution in [2.24, 2.45) is 12.5 Å². The average Bonchev–Trinajstić information content (AvgIpc) is 2.39. The number of carbonyl (C=O) groups is 1. The summed E-state index contributed by atoms with van der Waals surface area (Å²) in [5, 5.41) is 3.64. The fourth-order valence-corrected chi connectivity index (χ4v) is 2.74. The van der Waals surface area contributed by atoms with Gasteiger partial charge in [-0.2, -0.15) is 0 Å². The molecule has 0 radical (unpaired) electrons. The Morgan fingerprint density at radius 3 is 2.28 bits per heavy atom. The molecule has 0 aliphatic carbocycles. The number of nitrogens with one attached hydrogen (secondary N) is 1. The average molecular weight is 271 g/mol. The van der Waals surface area contributed by atoms with Gasteiger partial charge in [0.2, 0.25) is 0 Å². The smallest absolute Gasteiger partial charge is 0.268 e. The van der Waals surface area contributed by atoms with Crippen LogP contribution >= 0.6 is 11.6 Å². The molecular weight excluding hydrogens is 248 g/mol. The van der Waals surface area contributed by atoms with Crippen molar-refractivity contribution in [1.29, 1.82) is 0 Å². The number of aromatic nitrogens is 1. The van der Waals surface area contributed by atoms with Gasteiger partial charge in [-0.05, 0) is 31.7 Å². The second-order valence-electron chi connectivity index (χ2n) is 6.73. The molecule has 1 rings (SSSR count). The topological polar surface area (TPSA) is 34.0 Å². The lowest BCUT2D eigenvalue weighted by Crippen LogP contribution is -2.46. The van der Waals surface area contributed by atoms with E-state index in [-0.39, 0.29) is 16.9 Å². The standard InChI is InChI=1S/C14H23ClN2O/c1-13(2,3)9-14(4,5)16-12(18)11-7-10(15)8-17(11)6/h7-8H,9H2,1-6H3,(H,16,18). The number of hydrogen-bond acceptors (Lipinski definition) is 1. The molecule has 1 N–H and O–H groups in total. The van der Waals surface area contributed by atoms with Crippen LogP contribution < -0.4 is 5.32 Å². The molecule has 0 unspecified atom stereocenters. The number of halogens is 1. The first-order valence-corrected chi connectivity index (χ1v) is 6.52. The van der Waals surface area contributed by atoms with Crippen molar-refractivity contribution in [1.82, 2.24) is 9.88 Å². The predicted octanol–water partition coefficient (Wildman–Crippen LogP) is 3.62. The van der Waals surface area contributed by atoms with Crippen LogP contribution in [0.3, 0.4) is 0 Å². The molecule has 3 nitrogen and oxygen atoms in total. The summed E-state index contributed by atoms with van der Waals surface area (Å²) >= 11 is 5.89.